The summed E-state index contributed by atoms with van der Waals surface area (Å²) in [6.45, 7) is 9.00. The summed E-state index contributed by atoms with van der Waals surface area (Å²) in [5, 5.41) is 2.76. The van der Waals surface area contributed by atoms with Crippen LogP contribution in [0.15, 0.2) is 11.0 Å². The number of fused-ring (bicyclic) bond motifs is 1. The second-order valence-electron chi connectivity index (χ2n) is 6.77. The van der Waals surface area contributed by atoms with E-state index in [0.29, 0.717) is 31.4 Å². The van der Waals surface area contributed by atoms with E-state index in [2.05, 4.69) is 15.1 Å². The third-order valence-electron chi connectivity index (χ3n) is 4.31. The molecular weight excluding hydrogens is 324 g/mol. The van der Waals surface area contributed by atoms with E-state index >= 15 is 0 Å². The zero-order valence-electron chi connectivity index (χ0n) is 14.8. The van der Waals surface area contributed by atoms with Gasteiger partial charge in [0.05, 0.1) is 0 Å². The van der Waals surface area contributed by atoms with Gasteiger partial charge in [-0.2, -0.15) is 9.50 Å². The molecule has 1 saturated heterocycles. The van der Waals surface area contributed by atoms with Gasteiger partial charge in [-0.1, -0.05) is 13.8 Å². The predicted molar refractivity (Wildman–Crippen MR) is 90.3 cm³/mol. The standard InChI is InChI=1S/C16H22N6O3/c1-9(2)8-20-5-6-21(10(3)13(20)23)14(24)12-7-17-16-18-11(4)19-22(16)15(12)25/h7,9-10H,5-6,8H2,1-4H3,(H,17,18,19). The van der Waals surface area contributed by atoms with Gasteiger partial charge < -0.3 is 9.80 Å². The van der Waals surface area contributed by atoms with Crippen molar-refractivity contribution < 1.29 is 9.59 Å². The molecule has 25 heavy (non-hydrogen) atoms. The van der Waals surface area contributed by atoms with Crippen LogP contribution in [0.4, 0.5) is 0 Å². The minimum Gasteiger partial charge on any atom is -0.339 e. The molecule has 1 aliphatic heterocycles. The van der Waals surface area contributed by atoms with Gasteiger partial charge in [0.15, 0.2) is 0 Å². The molecule has 2 aromatic heterocycles. The lowest BCUT2D eigenvalue weighted by Crippen LogP contribution is -2.58. The first-order valence-electron chi connectivity index (χ1n) is 8.33. The monoisotopic (exact) mass is 346 g/mol. The zero-order valence-corrected chi connectivity index (χ0v) is 14.8. The van der Waals surface area contributed by atoms with Crippen LogP contribution in [0.5, 0.6) is 0 Å². The Labute approximate surface area is 144 Å². The predicted octanol–water partition coefficient (Wildman–Crippen LogP) is 0.0549. The molecule has 0 saturated carbocycles. The number of nitrogens with one attached hydrogen (secondary N) is 1. The van der Waals surface area contributed by atoms with Gasteiger partial charge in [-0.15, -0.1) is 0 Å². The Balaban J connectivity index is 1.88. The summed E-state index contributed by atoms with van der Waals surface area (Å²) < 4.78 is 1.14. The molecule has 9 nitrogen and oxygen atoms in total. The lowest BCUT2D eigenvalue weighted by molar-refractivity contribution is -0.140. The minimum atomic E-state index is -0.608. The van der Waals surface area contributed by atoms with E-state index in [9.17, 15) is 14.4 Å². The van der Waals surface area contributed by atoms with E-state index in [4.69, 9.17) is 0 Å². The maximum absolute atomic E-state index is 12.8. The van der Waals surface area contributed by atoms with Crippen molar-refractivity contribution in [3.8, 4) is 0 Å². The Morgan fingerprint density at radius 1 is 1.36 bits per heavy atom. The second-order valence-corrected chi connectivity index (χ2v) is 6.77. The van der Waals surface area contributed by atoms with Crippen molar-refractivity contribution in [1.82, 2.24) is 29.4 Å². The highest BCUT2D eigenvalue weighted by molar-refractivity contribution is 5.97. The van der Waals surface area contributed by atoms with E-state index in [0.717, 1.165) is 4.52 Å². The average molecular weight is 346 g/mol. The summed E-state index contributed by atoms with van der Waals surface area (Å²) in [5.41, 5.74) is -0.585. The molecule has 0 spiro atoms. The van der Waals surface area contributed by atoms with Gasteiger partial charge in [0, 0.05) is 25.8 Å². The topological polar surface area (TPSA) is 104 Å². The van der Waals surface area contributed by atoms with E-state index in [1.54, 1.807) is 18.7 Å². The first kappa shape index (κ1) is 17.1. The van der Waals surface area contributed by atoms with Crippen LogP contribution in [-0.2, 0) is 4.79 Å². The number of hydrogen-bond donors (Lipinski definition) is 1. The van der Waals surface area contributed by atoms with Gasteiger partial charge in [-0.3, -0.25) is 19.5 Å². The number of aryl methyl sites for hydroxylation is 1. The van der Waals surface area contributed by atoms with Crippen LogP contribution in [0, 0.1) is 12.8 Å². The molecule has 134 valence electrons. The molecule has 9 heteroatoms. The van der Waals surface area contributed by atoms with Crippen LogP contribution in [0.3, 0.4) is 0 Å². The number of piperazine rings is 1. The Hall–Kier alpha value is -2.71. The number of nitrogens with zero attached hydrogens (tertiary/aromatic N) is 5. The quantitative estimate of drug-likeness (QED) is 0.846. The lowest BCUT2D eigenvalue weighted by Gasteiger charge is -2.39. The molecule has 2 amide bonds. The van der Waals surface area contributed by atoms with E-state index < -0.39 is 17.5 Å². The number of H-pyrrole nitrogens is 1. The number of amides is 2. The van der Waals surface area contributed by atoms with Crippen LogP contribution in [0.1, 0.15) is 37.0 Å². The SMILES string of the molecule is Cc1nc2ncc(C(=O)N3CCN(CC(C)C)C(=O)C3C)c(=O)n2[nH]1. The molecule has 2 aromatic rings. The fraction of sp³-hybridized carbons (Fsp3) is 0.562. The molecule has 3 rings (SSSR count). The maximum atomic E-state index is 12.8. The van der Waals surface area contributed by atoms with Crippen LogP contribution < -0.4 is 5.56 Å². The van der Waals surface area contributed by atoms with Gasteiger partial charge >= 0.3 is 0 Å². The number of hydrogen-bond acceptors (Lipinski definition) is 5. The highest BCUT2D eigenvalue weighted by atomic mass is 16.2. The molecule has 0 radical (unpaired) electrons. The molecule has 1 atom stereocenters. The van der Waals surface area contributed by atoms with Crippen molar-refractivity contribution in [3.05, 3.63) is 27.9 Å². The number of rotatable bonds is 3. The Morgan fingerprint density at radius 2 is 2.08 bits per heavy atom. The van der Waals surface area contributed by atoms with Gasteiger partial charge in [-0.25, -0.2) is 4.98 Å². The molecule has 1 aliphatic rings. The van der Waals surface area contributed by atoms with Gasteiger partial charge in [0.25, 0.3) is 17.2 Å². The van der Waals surface area contributed by atoms with Crippen LogP contribution in [0.2, 0.25) is 0 Å². The molecule has 1 unspecified atom stereocenters. The minimum absolute atomic E-state index is 0.0712. The van der Waals surface area contributed by atoms with Crippen molar-refractivity contribution >= 4 is 17.6 Å². The molecule has 0 bridgehead atoms. The first-order valence-corrected chi connectivity index (χ1v) is 8.33. The van der Waals surface area contributed by atoms with Gasteiger partial charge in [0.1, 0.15) is 17.4 Å². The van der Waals surface area contributed by atoms with E-state index in [-0.39, 0.29) is 17.2 Å². The summed E-state index contributed by atoms with van der Waals surface area (Å²) in [5.74, 6) is 0.521. The normalized spacial score (nSPS) is 18.4. The molecule has 0 aliphatic carbocycles. The van der Waals surface area contributed by atoms with Crippen molar-refractivity contribution in [2.75, 3.05) is 19.6 Å². The molecule has 3 heterocycles. The van der Waals surface area contributed by atoms with Crippen molar-refractivity contribution in [3.63, 3.8) is 0 Å². The van der Waals surface area contributed by atoms with Crippen LogP contribution in [0.25, 0.3) is 5.78 Å². The summed E-state index contributed by atoms with van der Waals surface area (Å²) in [7, 11) is 0. The summed E-state index contributed by atoms with van der Waals surface area (Å²) in [6.07, 6.45) is 1.23. The molecule has 0 aromatic carbocycles. The number of carbonyl (C=O) groups excluding carboxylic acids is 2. The Kier molecular flexibility index (Phi) is 4.32. The van der Waals surface area contributed by atoms with E-state index in [1.807, 2.05) is 13.8 Å². The van der Waals surface area contributed by atoms with E-state index in [1.165, 1.54) is 11.1 Å². The summed E-state index contributed by atoms with van der Waals surface area (Å²) in [4.78, 5) is 49.2. The average Bonchev–Trinajstić information content (AvgIpc) is 2.93. The summed E-state index contributed by atoms with van der Waals surface area (Å²) >= 11 is 0. The number of aromatic nitrogens is 4. The smallest absolute Gasteiger partial charge is 0.286 e. The first-order chi connectivity index (χ1) is 11.8. The second kappa shape index (κ2) is 6.30. The Bertz CT molecular complexity index is 884. The summed E-state index contributed by atoms with van der Waals surface area (Å²) in [6, 6.07) is -0.608. The molecule has 1 fully saturated rings. The number of aromatic amines is 1. The molecular formula is C16H22N6O3. The zero-order chi connectivity index (χ0) is 18.3. The van der Waals surface area contributed by atoms with Gasteiger partial charge in [0.2, 0.25) is 5.91 Å². The largest absolute Gasteiger partial charge is 0.339 e. The van der Waals surface area contributed by atoms with Gasteiger partial charge in [-0.05, 0) is 19.8 Å². The van der Waals surface area contributed by atoms with Crippen molar-refractivity contribution in [2.45, 2.75) is 33.7 Å². The van der Waals surface area contributed by atoms with Crippen LogP contribution >= 0.6 is 0 Å². The highest BCUT2D eigenvalue weighted by Gasteiger charge is 2.35. The van der Waals surface area contributed by atoms with Crippen LogP contribution in [-0.4, -0.2) is 66.9 Å². The third kappa shape index (κ3) is 3.01. The van der Waals surface area contributed by atoms with Crippen molar-refractivity contribution in [2.24, 2.45) is 5.92 Å². The molecule has 1 N–H and O–H groups in total. The fourth-order valence-corrected chi connectivity index (χ4v) is 3.09. The maximum Gasteiger partial charge on any atom is 0.286 e. The lowest BCUT2D eigenvalue weighted by atomic mass is 10.1. The third-order valence-corrected chi connectivity index (χ3v) is 4.31. The van der Waals surface area contributed by atoms with Crippen molar-refractivity contribution in [1.29, 1.82) is 0 Å². The number of carbonyl (C=O) groups is 2. The Morgan fingerprint density at radius 3 is 2.76 bits per heavy atom. The highest BCUT2D eigenvalue weighted by Crippen LogP contribution is 2.15. The fourth-order valence-electron chi connectivity index (χ4n) is 3.09.